The van der Waals surface area contributed by atoms with Gasteiger partial charge in [0, 0.05) is 14.2 Å². The zero-order valence-electron chi connectivity index (χ0n) is 11.2. The molecule has 0 aliphatic carbocycles. The predicted molar refractivity (Wildman–Crippen MR) is 65.9 cm³/mol. The fourth-order valence-electron chi connectivity index (χ4n) is 2.05. The summed E-state index contributed by atoms with van der Waals surface area (Å²) >= 11 is 0. The van der Waals surface area contributed by atoms with Crippen LogP contribution in [0.5, 0.6) is 0 Å². The van der Waals surface area contributed by atoms with Crippen LogP contribution in [-0.4, -0.2) is 38.7 Å². The van der Waals surface area contributed by atoms with Gasteiger partial charge in [0.2, 0.25) is 0 Å². The van der Waals surface area contributed by atoms with Crippen molar-refractivity contribution in [3.05, 3.63) is 29.3 Å². The average molecular weight is 303 g/mol. The summed E-state index contributed by atoms with van der Waals surface area (Å²) < 4.78 is 47.8. The van der Waals surface area contributed by atoms with Crippen LogP contribution >= 0.6 is 0 Å². The van der Waals surface area contributed by atoms with Crippen molar-refractivity contribution in [1.82, 2.24) is 0 Å². The van der Waals surface area contributed by atoms with Gasteiger partial charge >= 0.3 is 6.18 Å². The number of halogens is 3. The number of carbonyl (C=O) groups excluding carboxylic acids is 2. The molecule has 0 unspecified atom stereocenters. The number of benzene rings is 1. The highest BCUT2D eigenvalue weighted by atomic mass is 19.4. The van der Waals surface area contributed by atoms with E-state index in [0.29, 0.717) is 6.07 Å². The number of anilines is 1. The molecular weight excluding hydrogens is 291 g/mol. The largest absolute Gasteiger partial charge is 0.416 e. The van der Waals surface area contributed by atoms with Crippen LogP contribution in [0.4, 0.5) is 18.9 Å². The number of fused-ring (bicyclic) bond motifs is 1. The van der Waals surface area contributed by atoms with Crippen LogP contribution in [0.2, 0.25) is 0 Å². The van der Waals surface area contributed by atoms with E-state index in [1.807, 2.05) is 0 Å². The fourth-order valence-corrected chi connectivity index (χ4v) is 2.05. The van der Waals surface area contributed by atoms with E-state index in [0.717, 1.165) is 17.0 Å². The third kappa shape index (κ3) is 2.77. The van der Waals surface area contributed by atoms with Crippen molar-refractivity contribution in [2.24, 2.45) is 0 Å². The first kappa shape index (κ1) is 15.5. The second-order valence-corrected chi connectivity index (χ2v) is 4.38. The first-order chi connectivity index (χ1) is 9.79. The Morgan fingerprint density at radius 1 is 1.19 bits per heavy atom. The molecule has 0 spiro atoms. The topological polar surface area (TPSA) is 55.8 Å². The molecule has 1 aliphatic heterocycles. The first-order valence-corrected chi connectivity index (χ1v) is 5.92. The number of ketones is 1. The van der Waals surface area contributed by atoms with Crippen molar-refractivity contribution in [3.8, 4) is 0 Å². The molecule has 0 atom stereocenters. The molecule has 0 bridgehead atoms. The summed E-state index contributed by atoms with van der Waals surface area (Å²) in [5.74, 6) is -1.87. The highest BCUT2D eigenvalue weighted by molar-refractivity contribution is 6.52. The maximum atomic E-state index is 12.6. The van der Waals surface area contributed by atoms with Crippen molar-refractivity contribution < 1.29 is 32.2 Å². The summed E-state index contributed by atoms with van der Waals surface area (Å²) in [5.41, 5.74) is -1.11. The van der Waals surface area contributed by atoms with Gasteiger partial charge in [-0.05, 0) is 18.2 Å². The lowest BCUT2D eigenvalue weighted by Crippen LogP contribution is -2.38. The minimum atomic E-state index is -4.58. The van der Waals surface area contributed by atoms with Gasteiger partial charge in [0.05, 0.1) is 23.4 Å². The molecule has 8 heteroatoms. The Labute approximate surface area is 118 Å². The van der Waals surface area contributed by atoms with Crippen LogP contribution in [0, 0.1) is 0 Å². The van der Waals surface area contributed by atoms with E-state index in [-0.39, 0.29) is 17.8 Å². The third-order valence-corrected chi connectivity index (χ3v) is 3.16. The zero-order chi connectivity index (χ0) is 15.8. The van der Waals surface area contributed by atoms with Gasteiger partial charge in [-0.25, -0.2) is 0 Å². The molecular formula is C13H12F3NO4. The number of nitrogens with zero attached hydrogens (tertiary/aromatic N) is 1. The molecule has 0 aromatic heterocycles. The van der Waals surface area contributed by atoms with Crippen LogP contribution in [-0.2, 0) is 20.4 Å². The molecule has 0 fully saturated rings. The van der Waals surface area contributed by atoms with Crippen LogP contribution < -0.4 is 4.90 Å². The van der Waals surface area contributed by atoms with E-state index in [2.05, 4.69) is 0 Å². The Morgan fingerprint density at radius 2 is 1.81 bits per heavy atom. The molecule has 1 amide bonds. The predicted octanol–water partition coefficient (Wildman–Crippen LogP) is 1.85. The van der Waals surface area contributed by atoms with E-state index in [9.17, 15) is 22.8 Å². The Balaban J connectivity index is 2.39. The molecule has 0 radical (unpaired) electrons. The maximum absolute atomic E-state index is 12.6. The van der Waals surface area contributed by atoms with Gasteiger partial charge in [-0.15, -0.1) is 0 Å². The summed E-state index contributed by atoms with van der Waals surface area (Å²) in [7, 11) is 2.70. The van der Waals surface area contributed by atoms with Crippen molar-refractivity contribution in [1.29, 1.82) is 0 Å². The lowest BCUT2D eigenvalue weighted by atomic mass is 10.1. The van der Waals surface area contributed by atoms with Crippen molar-refractivity contribution in [2.75, 3.05) is 25.7 Å². The van der Waals surface area contributed by atoms with Crippen molar-refractivity contribution >= 4 is 17.4 Å². The second-order valence-electron chi connectivity index (χ2n) is 4.38. The van der Waals surface area contributed by atoms with Crippen LogP contribution in [0.25, 0.3) is 0 Å². The highest BCUT2D eigenvalue weighted by Gasteiger charge is 2.40. The first-order valence-electron chi connectivity index (χ1n) is 5.92. The summed E-state index contributed by atoms with van der Waals surface area (Å²) in [5, 5.41) is 0. The molecule has 1 aliphatic rings. The van der Waals surface area contributed by atoms with Crippen molar-refractivity contribution in [3.63, 3.8) is 0 Å². The lowest BCUT2D eigenvalue weighted by Gasteiger charge is -2.22. The van der Waals surface area contributed by atoms with Gasteiger partial charge in [0.25, 0.3) is 11.7 Å². The Kier molecular flexibility index (Phi) is 4.02. The van der Waals surface area contributed by atoms with Crippen LogP contribution in [0.15, 0.2) is 18.2 Å². The number of hydrogen-bond acceptors (Lipinski definition) is 4. The summed E-state index contributed by atoms with van der Waals surface area (Å²) in [6.45, 7) is -0.0874. The number of methoxy groups -OCH3 is 2. The second kappa shape index (κ2) is 5.45. The molecule has 114 valence electrons. The Hall–Kier alpha value is -1.93. The molecule has 0 N–H and O–H groups in total. The molecule has 2 rings (SSSR count). The number of carbonyl (C=O) groups is 2. The minimum Gasteiger partial charge on any atom is -0.354 e. The molecule has 1 aromatic rings. The minimum absolute atomic E-state index is 0.0874. The number of rotatable bonds is 4. The Bertz CT molecular complexity index is 581. The quantitative estimate of drug-likeness (QED) is 0.629. The maximum Gasteiger partial charge on any atom is 0.416 e. The van der Waals surface area contributed by atoms with Gasteiger partial charge in [-0.2, -0.15) is 13.2 Å². The highest BCUT2D eigenvalue weighted by Crippen LogP contribution is 2.36. The molecule has 1 aromatic carbocycles. The smallest absolute Gasteiger partial charge is 0.354 e. The molecule has 0 saturated heterocycles. The van der Waals surface area contributed by atoms with Crippen LogP contribution in [0.1, 0.15) is 15.9 Å². The van der Waals surface area contributed by atoms with E-state index in [1.54, 1.807) is 0 Å². The number of alkyl halides is 3. The third-order valence-electron chi connectivity index (χ3n) is 3.16. The molecule has 21 heavy (non-hydrogen) atoms. The summed E-state index contributed by atoms with van der Waals surface area (Å²) in [6.07, 6.45) is -5.36. The number of hydrogen-bond donors (Lipinski definition) is 0. The summed E-state index contributed by atoms with van der Waals surface area (Å²) in [6, 6.07) is 2.61. The van der Waals surface area contributed by atoms with Gasteiger partial charge in [-0.3, -0.25) is 14.5 Å². The SMILES string of the molecule is COC(CN1C(=O)C(=O)c2cc(C(F)(F)F)ccc21)OC. The van der Waals surface area contributed by atoms with Crippen molar-refractivity contribution in [2.45, 2.75) is 12.5 Å². The fraction of sp³-hybridized carbons (Fsp3) is 0.385. The number of amides is 1. The standard InChI is InChI=1S/C13H12F3NO4/c1-20-10(21-2)6-17-9-4-3-7(13(14,15)16)5-8(9)11(18)12(17)19/h3-5,10H,6H2,1-2H3. The average Bonchev–Trinajstić information content (AvgIpc) is 2.68. The van der Waals surface area contributed by atoms with E-state index < -0.39 is 29.7 Å². The zero-order valence-corrected chi connectivity index (χ0v) is 11.2. The molecule has 5 nitrogen and oxygen atoms in total. The van der Waals surface area contributed by atoms with Gasteiger partial charge in [0.1, 0.15) is 0 Å². The molecule has 0 saturated carbocycles. The number of Topliss-reactive ketones (excluding diaryl/α,β-unsaturated/α-hetero) is 1. The Morgan fingerprint density at radius 3 is 2.33 bits per heavy atom. The van der Waals surface area contributed by atoms with E-state index >= 15 is 0 Å². The summed E-state index contributed by atoms with van der Waals surface area (Å²) in [4.78, 5) is 24.7. The number of ether oxygens (including phenoxy) is 2. The normalized spacial score (nSPS) is 15.0. The van der Waals surface area contributed by atoms with Gasteiger partial charge < -0.3 is 9.47 Å². The van der Waals surface area contributed by atoms with Gasteiger partial charge in [0.15, 0.2) is 6.29 Å². The monoisotopic (exact) mass is 303 g/mol. The van der Waals surface area contributed by atoms with E-state index in [1.165, 1.54) is 14.2 Å². The molecule has 1 heterocycles. The van der Waals surface area contributed by atoms with Crippen LogP contribution in [0.3, 0.4) is 0 Å². The van der Waals surface area contributed by atoms with E-state index in [4.69, 9.17) is 9.47 Å². The lowest BCUT2D eigenvalue weighted by molar-refractivity contribution is -0.137. The van der Waals surface area contributed by atoms with Gasteiger partial charge in [-0.1, -0.05) is 0 Å².